The number of nitrogens with one attached hydrogen (secondary N) is 1. The number of halogens is 1. The molecule has 0 radical (unpaired) electrons. The Bertz CT molecular complexity index is 1460. The van der Waals surface area contributed by atoms with E-state index in [9.17, 15) is 14.4 Å². The first-order chi connectivity index (χ1) is 15.9. The van der Waals surface area contributed by atoms with Gasteiger partial charge < -0.3 is 9.88 Å². The number of hydrogen-bond donors (Lipinski definition) is 1. The molecule has 1 amide bonds. The normalized spacial score (nSPS) is 11.2. The fourth-order valence-corrected chi connectivity index (χ4v) is 4.02. The second-order valence-electron chi connectivity index (χ2n) is 7.95. The molecule has 0 bridgehead atoms. The Labute approximate surface area is 194 Å². The van der Waals surface area contributed by atoms with Gasteiger partial charge in [-0.1, -0.05) is 30.7 Å². The number of fused-ring (bicyclic) bond motifs is 2. The number of H-pyrrole nitrogens is 1. The quantitative estimate of drug-likeness (QED) is 0.450. The van der Waals surface area contributed by atoms with Crippen molar-refractivity contribution < 1.29 is 4.79 Å². The van der Waals surface area contributed by atoms with Crippen LogP contribution in [0, 0.1) is 6.92 Å². The van der Waals surface area contributed by atoms with Crippen LogP contribution in [0.2, 0.25) is 5.02 Å². The first-order valence-electron chi connectivity index (χ1n) is 10.8. The summed E-state index contributed by atoms with van der Waals surface area (Å²) < 4.78 is 1.46. The van der Waals surface area contributed by atoms with Crippen LogP contribution in [0.3, 0.4) is 0 Å². The van der Waals surface area contributed by atoms with Crippen LogP contribution in [0.4, 0.5) is 0 Å². The molecule has 8 nitrogen and oxygen atoms in total. The average Bonchev–Trinajstić information content (AvgIpc) is 2.78. The van der Waals surface area contributed by atoms with Crippen LogP contribution in [0.5, 0.6) is 0 Å². The SMILES string of the molecule is CCCN(Cc1nc2cc(Cl)ccc2c(=O)[nH]1)C(=O)CCn1cnc2c(C)cccc2c1=O. The zero-order valence-electron chi connectivity index (χ0n) is 18.5. The molecule has 0 saturated heterocycles. The topological polar surface area (TPSA) is 101 Å². The predicted octanol–water partition coefficient (Wildman–Crippen LogP) is 3.42. The molecule has 0 saturated carbocycles. The molecule has 4 rings (SSSR count). The lowest BCUT2D eigenvalue weighted by atomic mass is 10.1. The molecule has 0 unspecified atom stereocenters. The van der Waals surface area contributed by atoms with Crippen molar-refractivity contribution in [2.24, 2.45) is 0 Å². The van der Waals surface area contributed by atoms with E-state index < -0.39 is 0 Å². The number of aromatic amines is 1. The van der Waals surface area contributed by atoms with E-state index in [0.717, 1.165) is 12.0 Å². The summed E-state index contributed by atoms with van der Waals surface area (Å²) >= 11 is 6.04. The van der Waals surface area contributed by atoms with Gasteiger partial charge in [0.15, 0.2) is 0 Å². The van der Waals surface area contributed by atoms with Gasteiger partial charge in [0.05, 0.1) is 34.7 Å². The van der Waals surface area contributed by atoms with Gasteiger partial charge in [0, 0.05) is 24.5 Å². The highest BCUT2D eigenvalue weighted by molar-refractivity contribution is 6.31. The Morgan fingerprint density at radius 1 is 1.18 bits per heavy atom. The number of rotatable bonds is 7. The molecule has 2 aromatic carbocycles. The van der Waals surface area contributed by atoms with Crippen molar-refractivity contribution in [2.45, 2.75) is 39.8 Å². The van der Waals surface area contributed by atoms with Crippen molar-refractivity contribution in [3.63, 3.8) is 0 Å². The highest BCUT2D eigenvalue weighted by Gasteiger charge is 2.16. The van der Waals surface area contributed by atoms with Crippen molar-refractivity contribution in [3.8, 4) is 0 Å². The lowest BCUT2D eigenvalue weighted by Gasteiger charge is -2.22. The zero-order chi connectivity index (χ0) is 23.5. The van der Waals surface area contributed by atoms with Gasteiger partial charge in [-0.2, -0.15) is 0 Å². The minimum Gasteiger partial charge on any atom is -0.335 e. The van der Waals surface area contributed by atoms with Crippen LogP contribution in [-0.2, 0) is 17.9 Å². The molecule has 0 atom stereocenters. The molecule has 2 heterocycles. The van der Waals surface area contributed by atoms with Gasteiger partial charge in [0.1, 0.15) is 5.82 Å². The molecule has 1 N–H and O–H groups in total. The summed E-state index contributed by atoms with van der Waals surface area (Å²) in [7, 11) is 0. The van der Waals surface area contributed by atoms with Crippen LogP contribution in [0.25, 0.3) is 21.8 Å². The van der Waals surface area contributed by atoms with Crippen LogP contribution >= 0.6 is 11.6 Å². The number of nitrogens with zero attached hydrogens (tertiary/aromatic N) is 4. The minimum atomic E-state index is -0.278. The standard InChI is InChI=1S/C24H24ClN5O3/c1-3-10-29(13-20-27-19-12-16(25)7-8-17(19)23(32)28-20)21(31)9-11-30-14-26-22-15(2)5-4-6-18(22)24(30)33/h4-8,12,14H,3,9-11,13H2,1-2H3,(H,27,28,32). The van der Waals surface area contributed by atoms with Crippen molar-refractivity contribution in [1.29, 1.82) is 0 Å². The van der Waals surface area contributed by atoms with Gasteiger partial charge in [-0.05, 0) is 43.2 Å². The van der Waals surface area contributed by atoms with Crippen molar-refractivity contribution in [1.82, 2.24) is 24.4 Å². The third-order valence-corrected chi connectivity index (χ3v) is 5.76. The van der Waals surface area contributed by atoms with Gasteiger partial charge in [0.2, 0.25) is 5.91 Å². The summed E-state index contributed by atoms with van der Waals surface area (Å²) in [6, 6.07) is 10.4. The predicted molar refractivity (Wildman–Crippen MR) is 128 cm³/mol. The van der Waals surface area contributed by atoms with Crippen LogP contribution < -0.4 is 11.1 Å². The third-order valence-electron chi connectivity index (χ3n) is 5.53. The van der Waals surface area contributed by atoms with Crippen LogP contribution in [-0.4, -0.2) is 36.9 Å². The monoisotopic (exact) mass is 465 g/mol. The van der Waals surface area contributed by atoms with E-state index in [0.29, 0.717) is 39.2 Å². The summed E-state index contributed by atoms with van der Waals surface area (Å²) in [5.74, 6) is 0.249. The van der Waals surface area contributed by atoms with E-state index in [4.69, 9.17) is 11.6 Å². The molecule has 0 aliphatic rings. The van der Waals surface area contributed by atoms with Crippen molar-refractivity contribution in [2.75, 3.05) is 6.54 Å². The number of para-hydroxylation sites is 1. The minimum absolute atomic E-state index is 0.128. The molecule has 2 aromatic heterocycles. The Morgan fingerprint density at radius 3 is 2.79 bits per heavy atom. The van der Waals surface area contributed by atoms with E-state index in [1.165, 1.54) is 10.9 Å². The molecule has 170 valence electrons. The summed E-state index contributed by atoms with van der Waals surface area (Å²) in [6.07, 6.45) is 2.36. The van der Waals surface area contributed by atoms with Crippen LogP contribution in [0.1, 0.15) is 31.2 Å². The zero-order valence-corrected chi connectivity index (χ0v) is 19.2. The molecule has 33 heavy (non-hydrogen) atoms. The number of aryl methyl sites for hydroxylation is 2. The molecule has 4 aromatic rings. The maximum atomic E-state index is 13.0. The highest BCUT2D eigenvalue weighted by atomic mass is 35.5. The second kappa shape index (κ2) is 9.54. The number of carbonyl (C=O) groups is 1. The number of carbonyl (C=O) groups excluding carboxylic acids is 1. The molecule has 0 spiro atoms. The lowest BCUT2D eigenvalue weighted by Crippen LogP contribution is -2.34. The average molecular weight is 466 g/mol. The number of hydrogen-bond acceptors (Lipinski definition) is 5. The van der Waals surface area contributed by atoms with Crippen molar-refractivity contribution in [3.05, 3.63) is 79.8 Å². The van der Waals surface area contributed by atoms with Gasteiger partial charge in [-0.25, -0.2) is 9.97 Å². The Morgan fingerprint density at radius 2 is 2.00 bits per heavy atom. The molecule has 0 aliphatic heterocycles. The lowest BCUT2D eigenvalue weighted by molar-refractivity contribution is -0.132. The van der Waals surface area contributed by atoms with Crippen molar-refractivity contribution >= 4 is 39.3 Å². The largest absolute Gasteiger partial charge is 0.335 e. The van der Waals surface area contributed by atoms with E-state index in [1.54, 1.807) is 29.2 Å². The summed E-state index contributed by atoms with van der Waals surface area (Å²) in [5, 5.41) is 1.46. The molecular formula is C24H24ClN5O3. The second-order valence-corrected chi connectivity index (χ2v) is 8.39. The van der Waals surface area contributed by atoms with Gasteiger partial charge in [-0.15, -0.1) is 0 Å². The fourth-order valence-electron chi connectivity index (χ4n) is 3.85. The Balaban J connectivity index is 1.53. The third kappa shape index (κ3) is 4.80. The first-order valence-corrected chi connectivity index (χ1v) is 11.2. The molecule has 9 heteroatoms. The maximum Gasteiger partial charge on any atom is 0.261 e. The molecule has 0 aliphatic carbocycles. The summed E-state index contributed by atoms with van der Waals surface area (Å²) in [5.41, 5.74) is 1.63. The summed E-state index contributed by atoms with van der Waals surface area (Å²) in [6.45, 7) is 4.75. The highest BCUT2D eigenvalue weighted by Crippen LogP contribution is 2.15. The molecular weight excluding hydrogens is 442 g/mol. The van der Waals surface area contributed by atoms with Gasteiger partial charge in [-0.3, -0.25) is 19.0 Å². The number of aromatic nitrogens is 4. The first kappa shape index (κ1) is 22.7. The van der Waals surface area contributed by atoms with E-state index in [-0.39, 0.29) is 36.5 Å². The molecule has 0 fully saturated rings. The van der Waals surface area contributed by atoms with Gasteiger partial charge >= 0.3 is 0 Å². The fraction of sp³-hybridized carbons (Fsp3) is 0.292. The Hall–Kier alpha value is -3.52. The van der Waals surface area contributed by atoms with E-state index in [1.807, 2.05) is 26.0 Å². The summed E-state index contributed by atoms with van der Waals surface area (Å²) in [4.78, 5) is 51.5. The Kier molecular flexibility index (Phi) is 6.55. The maximum absolute atomic E-state index is 13.0. The van der Waals surface area contributed by atoms with Gasteiger partial charge in [0.25, 0.3) is 11.1 Å². The van der Waals surface area contributed by atoms with E-state index >= 15 is 0 Å². The number of amides is 1. The van der Waals surface area contributed by atoms with E-state index in [2.05, 4.69) is 15.0 Å². The smallest absolute Gasteiger partial charge is 0.261 e. The van der Waals surface area contributed by atoms with Crippen LogP contribution in [0.15, 0.2) is 52.3 Å². The number of benzene rings is 2.